The number of anilines is 1. The Balaban J connectivity index is 1.52. The minimum atomic E-state index is -0.538. The van der Waals surface area contributed by atoms with Crippen molar-refractivity contribution < 1.29 is 28.6 Å². The van der Waals surface area contributed by atoms with Gasteiger partial charge in [-0.1, -0.05) is 34.1 Å². The van der Waals surface area contributed by atoms with Crippen molar-refractivity contribution in [3.63, 3.8) is 0 Å². The molecule has 0 unspecified atom stereocenters. The van der Waals surface area contributed by atoms with E-state index < -0.39 is 23.6 Å². The van der Waals surface area contributed by atoms with Crippen LogP contribution in [0.2, 0.25) is 0 Å². The van der Waals surface area contributed by atoms with Gasteiger partial charge in [0.25, 0.3) is 11.1 Å². The number of thioether (sulfide) groups is 1. The molecule has 4 rings (SSSR count). The Bertz CT molecular complexity index is 1470. The maximum Gasteiger partial charge on any atom is 0.294 e. The van der Waals surface area contributed by atoms with E-state index in [1.807, 2.05) is 37.3 Å². The maximum absolute atomic E-state index is 13.1. The Morgan fingerprint density at radius 2 is 1.80 bits per heavy atom. The van der Waals surface area contributed by atoms with Gasteiger partial charge in [-0.15, -0.1) is 6.58 Å². The van der Waals surface area contributed by atoms with E-state index in [9.17, 15) is 14.4 Å². The molecule has 1 N–H and O–H groups in total. The highest BCUT2D eigenvalue weighted by molar-refractivity contribution is 9.10. The van der Waals surface area contributed by atoms with Gasteiger partial charge in [0.05, 0.1) is 18.6 Å². The average molecular weight is 638 g/mol. The van der Waals surface area contributed by atoms with E-state index in [-0.39, 0.29) is 4.91 Å². The zero-order chi connectivity index (χ0) is 29.4. The highest BCUT2D eigenvalue weighted by atomic mass is 79.9. The average Bonchev–Trinajstić information content (AvgIpc) is 3.21. The number of carbonyl (C=O) groups is 3. The zero-order valence-corrected chi connectivity index (χ0v) is 25.0. The van der Waals surface area contributed by atoms with Gasteiger partial charge in [-0.2, -0.15) is 0 Å². The molecule has 1 saturated heterocycles. The summed E-state index contributed by atoms with van der Waals surface area (Å²) in [5.41, 5.74) is 3.01. The highest BCUT2D eigenvalue weighted by Crippen LogP contribution is 2.38. The number of carbonyl (C=O) groups excluding carboxylic acids is 3. The van der Waals surface area contributed by atoms with E-state index in [1.54, 1.807) is 49.6 Å². The van der Waals surface area contributed by atoms with Crippen molar-refractivity contribution in [2.45, 2.75) is 20.0 Å². The minimum absolute atomic E-state index is 0.211. The molecule has 3 aromatic carbocycles. The van der Waals surface area contributed by atoms with Crippen molar-refractivity contribution in [2.75, 3.05) is 25.6 Å². The smallest absolute Gasteiger partial charge is 0.294 e. The van der Waals surface area contributed by atoms with Gasteiger partial charge in [0.2, 0.25) is 5.91 Å². The second-order valence-corrected chi connectivity index (χ2v) is 10.8. The lowest BCUT2D eigenvalue weighted by molar-refractivity contribution is -0.127. The first-order chi connectivity index (χ1) is 19.8. The third-order valence-corrected chi connectivity index (χ3v) is 7.40. The van der Waals surface area contributed by atoms with E-state index in [2.05, 4.69) is 27.8 Å². The molecule has 0 bridgehead atoms. The van der Waals surface area contributed by atoms with Gasteiger partial charge in [-0.25, -0.2) is 0 Å². The van der Waals surface area contributed by atoms with Gasteiger partial charge in [-0.05, 0) is 90.8 Å². The molecule has 3 amide bonds. The molecule has 0 atom stereocenters. The molecule has 10 heteroatoms. The number of rotatable bonds is 12. The van der Waals surface area contributed by atoms with Crippen LogP contribution in [0.4, 0.5) is 10.5 Å². The Hall–Kier alpha value is -4.02. The van der Waals surface area contributed by atoms with Crippen LogP contribution >= 0.6 is 27.7 Å². The summed E-state index contributed by atoms with van der Waals surface area (Å²) >= 11 is 4.23. The number of nitrogens with one attached hydrogen (secondary N) is 1. The number of hydrogen-bond donors (Lipinski definition) is 1. The van der Waals surface area contributed by atoms with Gasteiger partial charge in [0.1, 0.15) is 18.9 Å². The lowest BCUT2D eigenvalue weighted by Gasteiger charge is -2.17. The number of ether oxygens (including phenoxy) is 3. The number of methoxy groups -OCH3 is 1. The van der Waals surface area contributed by atoms with Crippen LogP contribution in [0.1, 0.15) is 23.6 Å². The summed E-state index contributed by atoms with van der Waals surface area (Å²) in [6.07, 6.45) is 3.89. The molecule has 212 valence electrons. The van der Waals surface area contributed by atoms with Crippen LogP contribution in [0, 0.1) is 0 Å². The van der Waals surface area contributed by atoms with Gasteiger partial charge in [-0.3, -0.25) is 19.3 Å². The monoisotopic (exact) mass is 636 g/mol. The van der Waals surface area contributed by atoms with Gasteiger partial charge in [0.15, 0.2) is 11.5 Å². The number of amides is 3. The summed E-state index contributed by atoms with van der Waals surface area (Å²) < 4.78 is 18.2. The second-order valence-electron chi connectivity index (χ2n) is 8.89. The number of nitrogens with zero attached hydrogens (tertiary/aromatic N) is 1. The summed E-state index contributed by atoms with van der Waals surface area (Å²) in [6, 6.07) is 18.2. The number of allylic oxidation sites excluding steroid dienone is 1. The number of imide groups is 1. The first-order valence-electron chi connectivity index (χ1n) is 12.8. The summed E-state index contributed by atoms with van der Waals surface area (Å²) in [5, 5.41) is 2.17. The lowest BCUT2D eigenvalue weighted by Crippen LogP contribution is -2.36. The van der Waals surface area contributed by atoms with Crippen LogP contribution in [-0.4, -0.2) is 42.2 Å². The summed E-state index contributed by atoms with van der Waals surface area (Å²) in [7, 11) is 1.55. The maximum atomic E-state index is 13.1. The van der Waals surface area contributed by atoms with Crippen molar-refractivity contribution in [2.24, 2.45) is 0 Å². The first-order valence-corrected chi connectivity index (χ1v) is 14.4. The molecular weight excluding hydrogens is 608 g/mol. The molecule has 0 spiro atoms. The number of benzene rings is 3. The Labute approximate surface area is 251 Å². The van der Waals surface area contributed by atoms with Crippen molar-refractivity contribution in [1.29, 1.82) is 0 Å². The molecule has 0 aromatic heterocycles. The van der Waals surface area contributed by atoms with Crippen molar-refractivity contribution >= 4 is 56.5 Å². The van der Waals surface area contributed by atoms with Gasteiger partial charge < -0.3 is 19.5 Å². The third-order valence-electron chi connectivity index (χ3n) is 5.96. The molecule has 1 heterocycles. The Kier molecular flexibility index (Phi) is 10.3. The van der Waals surface area contributed by atoms with Crippen molar-refractivity contribution in [3.05, 3.63) is 99.4 Å². The molecule has 1 fully saturated rings. The number of halogens is 1. The van der Waals surface area contributed by atoms with E-state index in [4.69, 9.17) is 14.2 Å². The summed E-state index contributed by atoms with van der Waals surface area (Å²) in [6.45, 7) is 6.09. The van der Waals surface area contributed by atoms with E-state index >= 15 is 0 Å². The fourth-order valence-corrected chi connectivity index (χ4v) is 5.15. The Morgan fingerprint density at radius 3 is 2.46 bits per heavy atom. The first kappa shape index (κ1) is 30.0. The molecule has 1 aliphatic rings. The van der Waals surface area contributed by atoms with Crippen LogP contribution < -0.4 is 19.5 Å². The normalized spacial score (nSPS) is 13.8. The van der Waals surface area contributed by atoms with E-state index in [0.717, 1.165) is 32.3 Å². The Morgan fingerprint density at radius 1 is 1.07 bits per heavy atom. The lowest BCUT2D eigenvalue weighted by atomic mass is 10.0. The zero-order valence-electron chi connectivity index (χ0n) is 22.6. The molecule has 41 heavy (non-hydrogen) atoms. The third kappa shape index (κ3) is 7.80. The molecule has 8 nitrogen and oxygen atoms in total. The van der Waals surface area contributed by atoms with Crippen LogP contribution in [0.25, 0.3) is 6.08 Å². The molecular formula is C31H29BrN2O6S. The van der Waals surface area contributed by atoms with E-state index in [0.29, 0.717) is 48.1 Å². The largest absolute Gasteiger partial charge is 0.497 e. The predicted octanol–water partition coefficient (Wildman–Crippen LogP) is 6.84. The summed E-state index contributed by atoms with van der Waals surface area (Å²) in [5.74, 6) is 0.733. The van der Waals surface area contributed by atoms with Gasteiger partial charge >= 0.3 is 0 Å². The van der Waals surface area contributed by atoms with Gasteiger partial charge in [0, 0.05) is 15.7 Å². The minimum Gasteiger partial charge on any atom is -0.497 e. The quantitative estimate of drug-likeness (QED) is 0.172. The topological polar surface area (TPSA) is 94.2 Å². The SMILES string of the molecule is C=CCc1cc(/C=C2\SC(=O)N(CC(=O)Nc3ccc(OC)cc3)C2=O)cc(OCC)c1OCc1ccc(Br)cc1. The molecule has 3 aromatic rings. The molecule has 0 radical (unpaired) electrons. The van der Waals surface area contributed by atoms with Crippen LogP contribution in [0.3, 0.4) is 0 Å². The molecule has 0 aliphatic carbocycles. The highest BCUT2D eigenvalue weighted by Gasteiger charge is 2.36. The fraction of sp³-hybridized carbons (Fsp3) is 0.194. The van der Waals surface area contributed by atoms with Crippen molar-refractivity contribution in [3.8, 4) is 17.2 Å². The predicted molar refractivity (Wildman–Crippen MR) is 164 cm³/mol. The standard InChI is InChI=1S/C31H29BrN2O6S/c1-4-6-22-15-21(16-26(39-5-2)29(22)40-19-20-7-9-23(32)10-8-20)17-27-30(36)34(31(37)41-27)18-28(35)33-24-11-13-25(38-3)14-12-24/h4,7-17H,1,5-6,18-19H2,2-3H3,(H,33,35)/b27-17-. The number of hydrogen-bond acceptors (Lipinski definition) is 7. The van der Waals surface area contributed by atoms with E-state index in [1.165, 1.54) is 0 Å². The summed E-state index contributed by atoms with van der Waals surface area (Å²) in [4.78, 5) is 39.5. The molecule has 1 aliphatic heterocycles. The molecule has 0 saturated carbocycles. The second kappa shape index (κ2) is 14.0. The van der Waals surface area contributed by atoms with Crippen LogP contribution in [0.15, 0.2) is 82.7 Å². The fourth-order valence-electron chi connectivity index (χ4n) is 4.04. The van der Waals surface area contributed by atoms with Crippen molar-refractivity contribution in [1.82, 2.24) is 4.90 Å². The van der Waals surface area contributed by atoms with Crippen LogP contribution in [0.5, 0.6) is 17.2 Å². The van der Waals surface area contributed by atoms with Crippen LogP contribution in [-0.2, 0) is 22.6 Å².